The number of nitrogens with one attached hydrogen (secondary N) is 1. The normalized spacial score (nSPS) is 12.4. The summed E-state index contributed by atoms with van der Waals surface area (Å²) in [6.45, 7) is 6.31. The molecule has 0 atom stereocenters. The van der Waals surface area contributed by atoms with Crippen LogP contribution in [0.4, 0.5) is 0 Å². The van der Waals surface area contributed by atoms with Crippen LogP contribution in [-0.2, 0) is 30.1 Å². The molecule has 1 aromatic carbocycles. The predicted octanol–water partition coefficient (Wildman–Crippen LogP) is 5.98. The second kappa shape index (κ2) is 14.2. The van der Waals surface area contributed by atoms with E-state index in [1.165, 1.54) is 0 Å². The molecule has 0 aliphatic heterocycles. The number of sulfonamides is 1. The van der Waals surface area contributed by atoms with E-state index in [2.05, 4.69) is 4.72 Å². The summed E-state index contributed by atoms with van der Waals surface area (Å²) in [5, 5.41) is 0.760. The molecular formula is C21H32Cl2NO7PS2. The lowest BCUT2D eigenvalue weighted by Gasteiger charge is -2.17. The van der Waals surface area contributed by atoms with Gasteiger partial charge in [-0.25, -0.2) is 8.42 Å². The smallest absolute Gasteiger partial charge is 0.345 e. The van der Waals surface area contributed by atoms with E-state index in [4.69, 9.17) is 41.7 Å². The van der Waals surface area contributed by atoms with Crippen molar-refractivity contribution < 1.29 is 31.5 Å². The number of rotatable bonds is 17. The van der Waals surface area contributed by atoms with Gasteiger partial charge in [0.05, 0.1) is 26.4 Å². The molecule has 1 heterocycles. The van der Waals surface area contributed by atoms with Gasteiger partial charge in [0.1, 0.15) is 10.5 Å². The number of thiophene rings is 1. The Hall–Kier alpha value is -0.580. The van der Waals surface area contributed by atoms with Crippen molar-refractivity contribution in [3.63, 3.8) is 0 Å². The minimum Gasteiger partial charge on any atom is -0.490 e. The highest BCUT2D eigenvalue weighted by molar-refractivity contribution is 7.92. The molecule has 0 saturated heterocycles. The van der Waals surface area contributed by atoms with Crippen molar-refractivity contribution in [3.8, 4) is 11.5 Å². The molecule has 13 heteroatoms. The van der Waals surface area contributed by atoms with E-state index >= 15 is 0 Å². The zero-order valence-electron chi connectivity index (χ0n) is 19.6. The van der Waals surface area contributed by atoms with Crippen LogP contribution in [0.25, 0.3) is 10.1 Å². The Morgan fingerprint density at radius 1 is 0.971 bits per heavy atom. The second-order valence-electron chi connectivity index (χ2n) is 7.05. The molecule has 0 spiro atoms. The topological polar surface area (TPSA) is 100 Å². The first-order valence-electron chi connectivity index (χ1n) is 11.1. The SMILES string of the molecule is CCOP(=O)(CNS(=O)(=O)c1sc2cc(OCCCCl)c(OCCCCl)cc2c1CC)OCC. The fourth-order valence-electron chi connectivity index (χ4n) is 3.14. The highest BCUT2D eigenvalue weighted by Crippen LogP contribution is 2.47. The summed E-state index contributed by atoms with van der Waals surface area (Å²) >= 11 is 12.7. The standard InChI is InChI=1S/C21H32Cl2NO7PS2/c1-4-16-17-13-18(28-11-7-9-22)19(29-12-8-10-23)14-20(17)33-21(16)34(26,27)24-15-32(25,30-5-2)31-6-3/h13-14,24H,4-12,15H2,1-3H3. The summed E-state index contributed by atoms with van der Waals surface area (Å²) in [6.07, 6.45) is 1.34. The van der Waals surface area contributed by atoms with Gasteiger partial charge in [0.2, 0.25) is 0 Å². The maximum Gasteiger partial charge on any atom is 0.345 e. The summed E-state index contributed by atoms with van der Waals surface area (Å²) in [5.74, 6) is 1.97. The summed E-state index contributed by atoms with van der Waals surface area (Å²) in [5.41, 5.74) is 0.643. The van der Waals surface area contributed by atoms with Gasteiger partial charge in [-0.1, -0.05) is 6.92 Å². The van der Waals surface area contributed by atoms with Crippen molar-refractivity contribution in [2.75, 3.05) is 44.5 Å². The quantitative estimate of drug-likeness (QED) is 0.141. The molecule has 0 fully saturated rings. The average Bonchev–Trinajstić information content (AvgIpc) is 3.17. The fraction of sp³-hybridized carbons (Fsp3) is 0.619. The number of hydrogen-bond donors (Lipinski definition) is 1. The molecule has 0 aliphatic rings. The van der Waals surface area contributed by atoms with Crippen LogP contribution in [0.5, 0.6) is 11.5 Å². The molecule has 34 heavy (non-hydrogen) atoms. The van der Waals surface area contributed by atoms with Gasteiger partial charge >= 0.3 is 7.60 Å². The van der Waals surface area contributed by atoms with Gasteiger partial charge in [-0.05, 0) is 44.7 Å². The molecule has 0 amide bonds. The molecule has 2 aromatic rings. The van der Waals surface area contributed by atoms with Gasteiger partial charge in [0.15, 0.2) is 11.5 Å². The van der Waals surface area contributed by atoms with E-state index in [1.54, 1.807) is 26.0 Å². The average molecular weight is 577 g/mol. The molecule has 1 N–H and O–H groups in total. The molecule has 1 aromatic heterocycles. The predicted molar refractivity (Wildman–Crippen MR) is 139 cm³/mol. The highest BCUT2D eigenvalue weighted by Gasteiger charge is 2.30. The molecule has 2 rings (SSSR count). The minimum atomic E-state index is -3.98. The number of hydrogen-bond acceptors (Lipinski definition) is 8. The Balaban J connectivity index is 2.44. The number of halogens is 2. The van der Waals surface area contributed by atoms with Crippen LogP contribution in [0, 0.1) is 0 Å². The monoisotopic (exact) mass is 575 g/mol. The minimum absolute atomic E-state index is 0.140. The first kappa shape index (κ1) is 29.6. The van der Waals surface area contributed by atoms with Gasteiger partial charge in [0.25, 0.3) is 10.0 Å². The van der Waals surface area contributed by atoms with Crippen molar-refractivity contribution in [1.82, 2.24) is 4.72 Å². The molecule has 0 unspecified atom stereocenters. The van der Waals surface area contributed by atoms with Crippen molar-refractivity contribution in [2.24, 2.45) is 0 Å². The molecule has 194 valence electrons. The van der Waals surface area contributed by atoms with E-state index in [0.717, 1.165) is 21.4 Å². The van der Waals surface area contributed by atoms with Crippen LogP contribution in [-0.4, -0.2) is 52.9 Å². The lowest BCUT2D eigenvalue weighted by Crippen LogP contribution is -2.26. The molecule has 8 nitrogen and oxygen atoms in total. The van der Waals surface area contributed by atoms with Crippen LogP contribution >= 0.6 is 42.1 Å². The first-order valence-corrected chi connectivity index (χ1v) is 16.2. The summed E-state index contributed by atoms with van der Waals surface area (Å²) < 4.78 is 64.6. The number of ether oxygens (including phenoxy) is 2. The van der Waals surface area contributed by atoms with Crippen LogP contribution in [0.3, 0.4) is 0 Å². The van der Waals surface area contributed by atoms with Crippen molar-refractivity contribution in [2.45, 2.75) is 44.2 Å². The van der Waals surface area contributed by atoms with Gasteiger partial charge in [-0.2, -0.15) is 4.72 Å². The third-order valence-corrected chi connectivity index (χ3v) is 10.3. The largest absolute Gasteiger partial charge is 0.490 e. The van der Waals surface area contributed by atoms with Crippen LogP contribution in [0.2, 0.25) is 0 Å². The zero-order chi connectivity index (χ0) is 25.2. The van der Waals surface area contributed by atoms with E-state index in [1.807, 2.05) is 6.92 Å². The molecule has 0 aliphatic carbocycles. The summed E-state index contributed by atoms with van der Waals surface area (Å²) in [7, 11) is -7.57. The Kier molecular flexibility index (Phi) is 12.4. The van der Waals surface area contributed by atoms with Crippen LogP contribution in [0.1, 0.15) is 39.2 Å². The van der Waals surface area contributed by atoms with Gasteiger partial charge < -0.3 is 18.5 Å². The lowest BCUT2D eigenvalue weighted by molar-refractivity contribution is 0.219. The van der Waals surface area contributed by atoms with Crippen molar-refractivity contribution in [1.29, 1.82) is 0 Å². The van der Waals surface area contributed by atoms with Gasteiger partial charge in [-0.15, -0.1) is 34.5 Å². The number of alkyl halides is 2. The van der Waals surface area contributed by atoms with Crippen molar-refractivity contribution in [3.05, 3.63) is 17.7 Å². The van der Waals surface area contributed by atoms with Crippen LogP contribution in [0.15, 0.2) is 16.3 Å². The van der Waals surface area contributed by atoms with E-state index in [-0.39, 0.29) is 17.4 Å². The molecule has 0 radical (unpaired) electrons. The Bertz CT molecular complexity index is 1070. The van der Waals surface area contributed by atoms with Gasteiger partial charge in [0, 0.05) is 27.9 Å². The third kappa shape index (κ3) is 7.96. The van der Waals surface area contributed by atoms with E-state index in [9.17, 15) is 13.0 Å². The van der Waals surface area contributed by atoms with Crippen LogP contribution < -0.4 is 14.2 Å². The van der Waals surface area contributed by atoms with Crippen molar-refractivity contribution >= 4 is 62.2 Å². The first-order chi connectivity index (χ1) is 16.2. The number of fused-ring (bicyclic) bond motifs is 1. The molecular weight excluding hydrogens is 544 g/mol. The molecule has 0 bridgehead atoms. The lowest BCUT2D eigenvalue weighted by atomic mass is 10.1. The maximum atomic E-state index is 13.2. The summed E-state index contributed by atoms with van der Waals surface area (Å²) in [6, 6.07) is 3.59. The summed E-state index contributed by atoms with van der Waals surface area (Å²) in [4.78, 5) is 0. The Morgan fingerprint density at radius 3 is 2.03 bits per heavy atom. The fourth-order valence-corrected chi connectivity index (χ4v) is 8.34. The number of aryl methyl sites for hydroxylation is 1. The Labute approximate surface area is 215 Å². The van der Waals surface area contributed by atoms with E-state index in [0.29, 0.717) is 61.3 Å². The highest BCUT2D eigenvalue weighted by atomic mass is 35.5. The molecule has 0 saturated carbocycles. The third-order valence-electron chi connectivity index (χ3n) is 4.59. The number of benzene rings is 1. The Morgan fingerprint density at radius 2 is 1.53 bits per heavy atom. The maximum absolute atomic E-state index is 13.2. The zero-order valence-corrected chi connectivity index (χ0v) is 23.6. The van der Waals surface area contributed by atoms with Gasteiger partial charge in [-0.3, -0.25) is 4.57 Å². The van der Waals surface area contributed by atoms with E-state index < -0.39 is 23.9 Å². The second-order valence-corrected chi connectivity index (χ2v) is 12.9.